The Morgan fingerprint density at radius 2 is 1.96 bits per heavy atom. The fraction of sp³-hybridized carbons (Fsp3) is 0.250. The van der Waals surface area contributed by atoms with Gasteiger partial charge in [0.25, 0.3) is 0 Å². The largest absolute Gasteiger partial charge is 0.493 e. The molecule has 0 spiro atoms. The Kier molecular flexibility index (Phi) is 4.49. The summed E-state index contributed by atoms with van der Waals surface area (Å²) in [6.07, 6.45) is 2.64. The molecular weight excluding hydrogens is 321 g/mol. The molecule has 2 N–H and O–H groups in total. The Bertz CT molecular complexity index is 829. The van der Waals surface area contributed by atoms with Crippen molar-refractivity contribution in [3.8, 4) is 5.75 Å². The van der Waals surface area contributed by atoms with Crippen molar-refractivity contribution >= 4 is 18.2 Å². The molecule has 4 nitrogen and oxygen atoms in total. The maximum absolute atomic E-state index is 13.2. The van der Waals surface area contributed by atoms with Gasteiger partial charge >= 0.3 is 6.09 Å². The highest BCUT2D eigenvalue weighted by molar-refractivity contribution is 5.71. The van der Waals surface area contributed by atoms with Crippen molar-refractivity contribution in [3.05, 3.63) is 65.0 Å². The first-order valence-electron chi connectivity index (χ1n) is 8.05. The van der Waals surface area contributed by atoms with E-state index < -0.39 is 6.09 Å². The molecule has 0 saturated carbocycles. The smallest absolute Gasteiger partial charge is 0.405 e. The minimum absolute atomic E-state index is 0.277. The zero-order valence-corrected chi connectivity index (χ0v) is 14.1. The molecular formula is C20H20FNO3. The van der Waals surface area contributed by atoms with Gasteiger partial charge in [-0.3, -0.25) is 0 Å². The van der Waals surface area contributed by atoms with Crippen LogP contribution < -0.4 is 10.1 Å². The van der Waals surface area contributed by atoms with Crippen molar-refractivity contribution in [2.75, 3.05) is 6.61 Å². The lowest BCUT2D eigenvalue weighted by molar-refractivity contribution is 0.0995. The summed E-state index contributed by atoms with van der Waals surface area (Å²) in [5.74, 6) is 0.389. The molecule has 0 aromatic heterocycles. The molecule has 5 heteroatoms. The molecule has 0 fully saturated rings. The monoisotopic (exact) mass is 341 g/mol. The maximum Gasteiger partial charge on any atom is 0.405 e. The molecule has 1 aliphatic heterocycles. The fourth-order valence-corrected chi connectivity index (χ4v) is 2.99. The number of carboxylic acid groups (broad SMARTS) is 1. The Morgan fingerprint density at radius 1 is 1.24 bits per heavy atom. The molecule has 0 bridgehead atoms. The molecule has 1 heterocycles. The van der Waals surface area contributed by atoms with Gasteiger partial charge in [0.05, 0.1) is 12.6 Å². The van der Waals surface area contributed by atoms with Crippen LogP contribution in [0.5, 0.6) is 5.75 Å². The lowest BCUT2D eigenvalue weighted by Gasteiger charge is -2.39. The molecule has 1 amide bonds. The summed E-state index contributed by atoms with van der Waals surface area (Å²) in [4.78, 5) is 11.1. The van der Waals surface area contributed by atoms with Crippen LogP contribution in [0.4, 0.5) is 9.18 Å². The average molecular weight is 341 g/mol. The van der Waals surface area contributed by atoms with Crippen molar-refractivity contribution in [2.45, 2.75) is 19.9 Å². The van der Waals surface area contributed by atoms with E-state index in [0.29, 0.717) is 12.4 Å². The second-order valence-electron chi connectivity index (χ2n) is 6.85. The summed E-state index contributed by atoms with van der Waals surface area (Å²) in [6.45, 7) is 4.35. The van der Waals surface area contributed by atoms with E-state index in [-0.39, 0.29) is 17.3 Å². The van der Waals surface area contributed by atoms with Crippen LogP contribution in [-0.2, 0) is 0 Å². The van der Waals surface area contributed by atoms with E-state index in [4.69, 9.17) is 9.84 Å². The van der Waals surface area contributed by atoms with Gasteiger partial charge in [-0.2, -0.15) is 0 Å². The minimum Gasteiger partial charge on any atom is -0.493 e. The Hall–Kier alpha value is -2.82. The first kappa shape index (κ1) is 17.0. The third-order valence-corrected chi connectivity index (χ3v) is 4.31. The molecule has 0 radical (unpaired) electrons. The van der Waals surface area contributed by atoms with Crippen molar-refractivity contribution in [3.63, 3.8) is 0 Å². The van der Waals surface area contributed by atoms with Gasteiger partial charge in [-0.1, -0.05) is 50.3 Å². The molecule has 25 heavy (non-hydrogen) atoms. The maximum atomic E-state index is 13.2. The zero-order chi connectivity index (χ0) is 18.0. The standard InChI is InChI=1S/C20H20FNO3/c1-20(2)12-25-17-11-14(7-6-13-4-3-5-15(21)10-13)8-9-16(17)18(20)22-19(23)24/h3-11,18,22H,12H2,1-2H3,(H,23,24)/b7-6+. The predicted octanol–water partition coefficient (Wildman–Crippen LogP) is 4.72. The number of benzene rings is 2. The summed E-state index contributed by atoms with van der Waals surface area (Å²) in [5, 5.41) is 11.7. The summed E-state index contributed by atoms with van der Waals surface area (Å²) in [6, 6.07) is 11.7. The van der Waals surface area contributed by atoms with Gasteiger partial charge < -0.3 is 15.2 Å². The number of fused-ring (bicyclic) bond motifs is 1. The number of hydrogen-bond donors (Lipinski definition) is 2. The first-order chi connectivity index (χ1) is 11.8. The lowest BCUT2D eigenvalue weighted by atomic mass is 9.79. The van der Waals surface area contributed by atoms with E-state index in [2.05, 4.69) is 5.32 Å². The third kappa shape index (κ3) is 3.82. The summed E-state index contributed by atoms with van der Waals surface area (Å²) in [7, 11) is 0. The van der Waals surface area contributed by atoms with Gasteiger partial charge in [0.1, 0.15) is 11.6 Å². The van der Waals surface area contributed by atoms with Crippen LogP contribution in [0.3, 0.4) is 0 Å². The van der Waals surface area contributed by atoms with Gasteiger partial charge in [0, 0.05) is 11.0 Å². The molecule has 130 valence electrons. The van der Waals surface area contributed by atoms with Crippen LogP contribution in [0.15, 0.2) is 42.5 Å². The normalized spacial score (nSPS) is 18.4. The number of rotatable bonds is 3. The van der Waals surface area contributed by atoms with Crippen LogP contribution in [0, 0.1) is 11.2 Å². The Morgan fingerprint density at radius 3 is 2.64 bits per heavy atom. The van der Waals surface area contributed by atoms with Gasteiger partial charge in [0.15, 0.2) is 0 Å². The molecule has 0 saturated heterocycles. The SMILES string of the molecule is CC1(C)COc2cc(/C=C/c3cccc(F)c3)ccc2C1NC(=O)O. The van der Waals surface area contributed by atoms with Crippen molar-refractivity contribution in [1.29, 1.82) is 0 Å². The van der Waals surface area contributed by atoms with Crippen LogP contribution in [-0.4, -0.2) is 17.8 Å². The topological polar surface area (TPSA) is 58.6 Å². The van der Waals surface area contributed by atoms with Gasteiger partial charge in [0.2, 0.25) is 0 Å². The molecule has 1 unspecified atom stereocenters. The highest BCUT2D eigenvalue weighted by Crippen LogP contribution is 2.43. The van der Waals surface area contributed by atoms with Crippen molar-refractivity contribution in [1.82, 2.24) is 5.32 Å². The highest BCUT2D eigenvalue weighted by atomic mass is 19.1. The first-order valence-corrected chi connectivity index (χ1v) is 8.05. The molecule has 3 rings (SSSR count). The molecule has 0 aliphatic carbocycles. The second-order valence-corrected chi connectivity index (χ2v) is 6.85. The van der Waals surface area contributed by atoms with Gasteiger partial charge in [-0.25, -0.2) is 9.18 Å². The van der Waals surface area contributed by atoms with E-state index in [1.54, 1.807) is 6.07 Å². The van der Waals surface area contributed by atoms with E-state index in [9.17, 15) is 9.18 Å². The zero-order valence-electron chi connectivity index (χ0n) is 14.1. The number of amides is 1. The number of ether oxygens (including phenoxy) is 1. The number of hydrogen-bond acceptors (Lipinski definition) is 2. The molecule has 1 atom stereocenters. The van der Waals surface area contributed by atoms with Crippen LogP contribution >= 0.6 is 0 Å². The Balaban J connectivity index is 1.88. The summed E-state index contributed by atoms with van der Waals surface area (Å²) in [5.41, 5.74) is 2.15. The molecule has 2 aromatic rings. The van der Waals surface area contributed by atoms with E-state index in [1.807, 2.05) is 50.3 Å². The molecule has 1 aliphatic rings. The minimum atomic E-state index is -1.05. The fourth-order valence-electron chi connectivity index (χ4n) is 2.99. The molecule has 2 aromatic carbocycles. The van der Waals surface area contributed by atoms with E-state index in [0.717, 1.165) is 16.7 Å². The quantitative estimate of drug-likeness (QED) is 0.794. The highest BCUT2D eigenvalue weighted by Gasteiger charge is 2.38. The van der Waals surface area contributed by atoms with Crippen molar-refractivity contribution in [2.24, 2.45) is 5.41 Å². The summed E-state index contributed by atoms with van der Waals surface area (Å²) >= 11 is 0. The van der Waals surface area contributed by atoms with Crippen LogP contribution in [0.2, 0.25) is 0 Å². The number of halogens is 1. The second kappa shape index (κ2) is 6.59. The van der Waals surface area contributed by atoms with Gasteiger partial charge in [-0.15, -0.1) is 0 Å². The van der Waals surface area contributed by atoms with Crippen LogP contribution in [0.1, 0.15) is 36.6 Å². The van der Waals surface area contributed by atoms with Crippen molar-refractivity contribution < 1.29 is 19.0 Å². The average Bonchev–Trinajstić information content (AvgIpc) is 2.55. The van der Waals surface area contributed by atoms with E-state index >= 15 is 0 Å². The predicted molar refractivity (Wildman–Crippen MR) is 94.9 cm³/mol. The third-order valence-electron chi connectivity index (χ3n) is 4.31. The lowest BCUT2D eigenvalue weighted by Crippen LogP contribution is -2.43. The van der Waals surface area contributed by atoms with Gasteiger partial charge in [-0.05, 0) is 29.3 Å². The number of nitrogens with one attached hydrogen (secondary N) is 1. The Labute approximate surface area is 145 Å². The van der Waals surface area contributed by atoms with Crippen LogP contribution in [0.25, 0.3) is 12.2 Å². The number of carbonyl (C=O) groups is 1. The van der Waals surface area contributed by atoms with E-state index in [1.165, 1.54) is 12.1 Å². The summed E-state index contributed by atoms with van der Waals surface area (Å²) < 4.78 is 19.1.